The van der Waals surface area contributed by atoms with Crippen molar-refractivity contribution in [3.05, 3.63) is 157 Å². The third kappa shape index (κ3) is 8.81. The molecule has 5 aromatic heterocycles. The van der Waals surface area contributed by atoms with Crippen LogP contribution in [0, 0.1) is 69.2 Å². The first-order valence-corrected chi connectivity index (χ1v) is 24.5. The zero-order chi connectivity index (χ0) is 43.0. The molecular weight excluding hydrogens is 828 g/mol. The lowest BCUT2D eigenvalue weighted by Gasteiger charge is -2.10. The molecule has 0 aliphatic carbocycles. The second-order valence-electron chi connectivity index (χ2n) is 15.8. The van der Waals surface area contributed by atoms with Gasteiger partial charge in [0, 0.05) is 45.9 Å². The lowest BCUT2D eigenvalue weighted by Crippen LogP contribution is -1.93. The van der Waals surface area contributed by atoms with Crippen molar-refractivity contribution in [3.63, 3.8) is 0 Å². The second kappa shape index (κ2) is 18.5. The Bertz CT molecular complexity index is 2890. The molecule has 4 aromatic carbocycles. The Kier molecular flexibility index (Phi) is 13.6. The van der Waals surface area contributed by atoms with Crippen molar-refractivity contribution in [2.24, 2.45) is 0 Å². The van der Waals surface area contributed by atoms with E-state index in [0.717, 1.165) is 51.0 Å². The maximum atomic E-state index is 4.80. The van der Waals surface area contributed by atoms with Crippen molar-refractivity contribution in [1.29, 1.82) is 0 Å². The zero-order valence-corrected chi connectivity index (χ0v) is 41.6. The van der Waals surface area contributed by atoms with Crippen LogP contribution in [0.2, 0.25) is 0 Å². The predicted molar refractivity (Wildman–Crippen MR) is 272 cm³/mol. The summed E-state index contributed by atoms with van der Waals surface area (Å²) in [5.74, 6) is 0. The molecule has 0 fully saturated rings. The molecule has 0 saturated carbocycles. The molecule has 5 heterocycles. The Morgan fingerprint density at radius 3 is 1.60 bits per heavy atom. The van der Waals surface area contributed by atoms with E-state index in [1.54, 1.807) is 22.7 Å². The highest BCUT2D eigenvalue weighted by atomic mass is 32.1. The standard InChI is InChI=1S/C17H19N2P.C17H18NPS.C16H19N2PS/c1-11-4-7-17-18-16(9-19(17)8-11)15-6-5-14(10-20)12(2)13(15)3;1-10-4-7-15-16(8-10)20-17(18-15)14-6-5-13(9-19)11(2)12(14)3;1-9-10(2)14(6-5-13(9)8-19)15-7-18-11(3)12(4)20-16(18)17-15/h4-9H,10,20H2,1-3H3;4-8H,9,19H2,1-3H3;5-7H,8,19H2,1-4H3. The van der Waals surface area contributed by atoms with Gasteiger partial charge in [-0.15, -0.1) is 50.4 Å². The minimum Gasteiger partial charge on any atom is -0.306 e. The van der Waals surface area contributed by atoms with E-state index in [1.165, 1.54) is 93.2 Å². The largest absolute Gasteiger partial charge is 0.306 e. The highest BCUT2D eigenvalue weighted by molar-refractivity contribution is 7.21. The molecule has 0 spiro atoms. The van der Waals surface area contributed by atoms with E-state index < -0.39 is 0 Å². The van der Waals surface area contributed by atoms with E-state index in [-0.39, 0.29) is 0 Å². The van der Waals surface area contributed by atoms with Crippen LogP contribution in [-0.4, -0.2) is 23.8 Å². The van der Waals surface area contributed by atoms with E-state index >= 15 is 0 Å². The normalized spacial score (nSPS) is 11.3. The van der Waals surface area contributed by atoms with Crippen LogP contribution in [-0.2, 0) is 18.5 Å². The SMILES string of the molecule is Cc1ccc2nc(-c3ccc(CP)c(C)c3C)cn2c1.Cc1ccc2nc(-c3ccc(CP)c(C)c3C)sc2c1.Cc1sc2nc(-c3ccc(CP)c(C)c3C)cn2c1C. The number of benzene rings is 4. The molecule has 0 N–H and O–H groups in total. The van der Waals surface area contributed by atoms with Gasteiger partial charge in [-0.05, 0) is 167 Å². The summed E-state index contributed by atoms with van der Waals surface area (Å²) in [6.45, 7) is 21.7. The quantitative estimate of drug-likeness (QED) is 0.156. The van der Waals surface area contributed by atoms with Crippen molar-refractivity contribution < 1.29 is 0 Å². The van der Waals surface area contributed by atoms with Gasteiger partial charge in [-0.25, -0.2) is 15.0 Å². The van der Waals surface area contributed by atoms with Crippen molar-refractivity contribution >= 4 is 71.2 Å². The van der Waals surface area contributed by atoms with Crippen LogP contribution in [0.15, 0.2) is 85.3 Å². The number of nitrogens with zero attached hydrogens (tertiary/aromatic N) is 5. The number of aryl methyl sites for hydroxylation is 4. The molecule has 3 unspecified atom stereocenters. The lowest BCUT2D eigenvalue weighted by atomic mass is 9.97. The summed E-state index contributed by atoms with van der Waals surface area (Å²) in [7, 11) is 8.40. The highest BCUT2D eigenvalue weighted by Gasteiger charge is 2.15. The number of pyridine rings is 1. The lowest BCUT2D eigenvalue weighted by molar-refractivity contribution is 1.11. The van der Waals surface area contributed by atoms with Crippen LogP contribution >= 0.6 is 50.4 Å². The molecule has 0 amide bonds. The number of aromatic nitrogens is 5. The molecule has 10 heteroatoms. The summed E-state index contributed by atoms with van der Waals surface area (Å²) in [6, 6.07) is 23.9. The van der Waals surface area contributed by atoms with E-state index in [9.17, 15) is 0 Å². The van der Waals surface area contributed by atoms with Crippen LogP contribution in [0.4, 0.5) is 0 Å². The first-order chi connectivity index (χ1) is 28.7. The van der Waals surface area contributed by atoms with E-state index in [0.29, 0.717) is 0 Å². The van der Waals surface area contributed by atoms with Gasteiger partial charge in [0.05, 0.1) is 21.6 Å². The fourth-order valence-corrected chi connectivity index (χ4v) is 11.1. The summed E-state index contributed by atoms with van der Waals surface area (Å²) in [5, 5.41) is 1.13. The van der Waals surface area contributed by atoms with Gasteiger partial charge >= 0.3 is 0 Å². The van der Waals surface area contributed by atoms with Gasteiger partial charge < -0.3 is 4.40 Å². The fourth-order valence-electron chi connectivity index (χ4n) is 7.65. The summed E-state index contributed by atoms with van der Waals surface area (Å²) in [4.78, 5) is 16.8. The van der Waals surface area contributed by atoms with Crippen molar-refractivity contribution in [2.45, 2.75) is 87.7 Å². The predicted octanol–water partition coefficient (Wildman–Crippen LogP) is 14.2. The fraction of sp³-hybridized carbons (Fsp3) is 0.260. The minimum absolute atomic E-state index is 0.997. The first kappa shape index (κ1) is 44.0. The second-order valence-corrected chi connectivity index (χ2v) is 19.2. The third-order valence-corrected chi connectivity index (χ3v) is 15.5. The van der Waals surface area contributed by atoms with Crippen LogP contribution in [0.3, 0.4) is 0 Å². The van der Waals surface area contributed by atoms with Gasteiger partial charge in [0.1, 0.15) is 10.7 Å². The van der Waals surface area contributed by atoms with Gasteiger partial charge in [0.25, 0.3) is 0 Å². The zero-order valence-electron chi connectivity index (χ0n) is 36.5. The number of hydrogen-bond donors (Lipinski definition) is 0. The van der Waals surface area contributed by atoms with Gasteiger partial charge in [-0.3, -0.25) is 4.40 Å². The summed E-state index contributed by atoms with van der Waals surface area (Å²) in [6.07, 6.45) is 9.40. The van der Waals surface area contributed by atoms with E-state index in [1.807, 2.05) is 0 Å². The molecule has 0 aliphatic rings. The van der Waals surface area contributed by atoms with Crippen LogP contribution in [0.5, 0.6) is 0 Å². The molecule has 3 atom stereocenters. The molecule has 0 bridgehead atoms. The minimum atomic E-state index is 0.997. The average molecular weight is 884 g/mol. The maximum Gasteiger partial charge on any atom is 0.194 e. The third-order valence-electron chi connectivity index (χ3n) is 12.1. The molecule has 0 saturated heterocycles. The summed E-state index contributed by atoms with van der Waals surface area (Å²) >= 11 is 3.55. The van der Waals surface area contributed by atoms with E-state index in [4.69, 9.17) is 15.0 Å². The molecule has 9 aromatic rings. The number of rotatable bonds is 6. The van der Waals surface area contributed by atoms with Crippen molar-refractivity contribution in [2.75, 3.05) is 0 Å². The Balaban J connectivity index is 0.000000136. The van der Waals surface area contributed by atoms with Gasteiger partial charge in [-0.1, -0.05) is 48.5 Å². The molecule has 60 heavy (non-hydrogen) atoms. The Morgan fingerprint density at radius 2 is 1.03 bits per heavy atom. The van der Waals surface area contributed by atoms with E-state index in [2.05, 4.69) is 191 Å². The van der Waals surface area contributed by atoms with Gasteiger partial charge in [0.15, 0.2) is 4.96 Å². The van der Waals surface area contributed by atoms with Crippen LogP contribution in [0.25, 0.3) is 53.9 Å². The Labute approximate surface area is 370 Å². The Hall–Kier alpha value is -4.08. The molecular formula is C50H56N5P3S2. The monoisotopic (exact) mass is 883 g/mol. The molecule has 5 nitrogen and oxygen atoms in total. The average Bonchev–Trinajstić information content (AvgIpc) is 4.02. The number of thiazole rings is 2. The molecule has 0 aliphatic heterocycles. The molecule has 308 valence electrons. The topological polar surface area (TPSA) is 47.5 Å². The van der Waals surface area contributed by atoms with Gasteiger partial charge in [0.2, 0.25) is 0 Å². The highest BCUT2D eigenvalue weighted by Crippen LogP contribution is 2.35. The first-order valence-electron chi connectivity index (χ1n) is 20.4. The maximum absolute atomic E-state index is 4.80. The number of hydrogen-bond acceptors (Lipinski definition) is 5. The summed E-state index contributed by atoms with van der Waals surface area (Å²) in [5.41, 5.74) is 24.1. The number of fused-ring (bicyclic) bond motifs is 3. The van der Waals surface area contributed by atoms with Crippen molar-refractivity contribution in [1.82, 2.24) is 23.8 Å². The smallest absolute Gasteiger partial charge is 0.194 e. The number of imidazole rings is 2. The molecule has 9 rings (SSSR count). The Morgan fingerprint density at radius 1 is 0.500 bits per heavy atom. The van der Waals surface area contributed by atoms with Gasteiger partial charge in [-0.2, -0.15) is 0 Å². The van der Waals surface area contributed by atoms with Crippen LogP contribution in [0.1, 0.15) is 71.8 Å². The van der Waals surface area contributed by atoms with Crippen molar-refractivity contribution in [3.8, 4) is 33.1 Å². The summed E-state index contributed by atoms with van der Waals surface area (Å²) < 4.78 is 5.57. The van der Waals surface area contributed by atoms with Crippen LogP contribution < -0.4 is 0 Å². The molecule has 0 radical (unpaired) electrons.